The second-order valence-electron chi connectivity index (χ2n) is 3.57. The Bertz CT molecular complexity index is 255. The van der Waals surface area contributed by atoms with E-state index in [0.29, 0.717) is 0 Å². The summed E-state index contributed by atoms with van der Waals surface area (Å²) in [5.41, 5.74) is 2.88. The van der Waals surface area contributed by atoms with Gasteiger partial charge in [0, 0.05) is 6.54 Å². The molecule has 0 atom stereocenters. The molecule has 1 aromatic rings. The van der Waals surface area contributed by atoms with Crippen molar-refractivity contribution in [3.05, 3.63) is 35.4 Å². The Hall–Kier alpha value is -0.820. The summed E-state index contributed by atoms with van der Waals surface area (Å²) in [5, 5.41) is 0. The van der Waals surface area contributed by atoms with Gasteiger partial charge in [0.15, 0.2) is 0 Å². The summed E-state index contributed by atoms with van der Waals surface area (Å²) < 4.78 is 0. The van der Waals surface area contributed by atoms with Crippen molar-refractivity contribution in [2.75, 3.05) is 20.1 Å². The van der Waals surface area contributed by atoms with Gasteiger partial charge in [-0.1, -0.05) is 31.2 Å². The Kier molecular flexibility index (Phi) is 3.97. The first-order valence-corrected chi connectivity index (χ1v) is 4.97. The summed E-state index contributed by atoms with van der Waals surface area (Å²) in [7, 11) is 2.16. The van der Waals surface area contributed by atoms with Crippen LogP contribution in [0.25, 0.3) is 0 Å². The summed E-state index contributed by atoms with van der Waals surface area (Å²) in [4.78, 5) is 2.34. The average molecular weight is 177 g/mol. The van der Waals surface area contributed by atoms with Gasteiger partial charge in [0.25, 0.3) is 0 Å². The standard InChI is InChI=1S/C12H19N/c1-4-13(3)10-9-12-8-6-5-7-11(12)2/h5-8H,4,9-10H2,1-3H3. The second-order valence-corrected chi connectivity index (χ2v) is 3.57. The van der Waals surface area contributed by atoms with Gasteiger partial charge in [0.1, 0.15) is 0 Å². The van der Waals surface area contributed by atoms with Crippen LogP contribution in [0.5, 0.6) is 0 Å². The van der Waals surface area contributed by atoms with E-state index in [-0.39, 0.29) is 0 Å². The molecule has 0 unspecified atom stereocenters. The predicted molar refractivity (Wildman–Crippen MR) is 58.1 cm³/mol. The van der Waals surface area contributed by atoms with Gasteiger partial charge >= 0.3 is 0 Å². The Labute approximate surface area is 81.4 Å². The van der Waals surface area contributed by atoms with Crippen molar-refractivity contribution in [2.45, 2.75) is 20.3 Å². The van der Waals surface area contributed by atoms with Crippen molar-refractivity contribution in [1.29, 1.82) is 0 Å². The smallest absolute Gasteiger partial charge is 0.00188 e. The van der Waals surface area contributed by atoms with Gasteiger partial charge in [-0.3, -0.25) is 0 Å². The lowest BCUT2D eigenvalue weighted by molar-refractivity contribution is 0.357. The van der Waals surface area contributed by atoms with E-state index in [2.05, 4.69) is 50.1 Å². The van der Waals surface area contributed by atoms with Crippen LogP contribution in [0.3, 0.4) is 0 Å². The molecule has 0 N–H and O–H groups in total. The summed E-state index contributed by atoms with van der Waals surface area (Å²) in [6.07, 6.45) is 1.16. The van der Waals surface area contributed by atoms with Gasteiger partial charge in [-0.15, -0.1) is 0 Å². The molecule has 0 saturated heterocycles. The molecule has 0 heterocycles. The van der Waals surface area contributed by atoms with Crippen LogP contribution in [-0.4, -0.2) is 25.0 Å². The lowest BCUT2D eigenvalue weighted by atomic mass is 10.1. The number of benzene rings is 1. The Morgan fingerprint density at radius 1 is 1.23 bits per heavy atom. The summed E-state index contributed by atoms with van der Waals surface area (Å²) >= 11 is 0. The maximum atomic E-state index is 2.34. The van der Waals surface area contributed by atoms with Gasteiger partial charge in [-0.05, 0) is 38.1 Å². The molecule has 0 fully saturated rings. The van der Waals surface area contributed by atoms with Gasteiger partial charge in [-0.2, -0.15) is 0 Å². The highest BCUT2D eigenvalue weighted by atomic mass is 15.1. The number of hydrogen-bond acceptors (Lipinski definition) is 1. The average Bonchev–Trinajstić information content (AvgIpc) is 2.16. The zero-order valence-electron chi connectivity index (χ0n) is 8.88. The van der Waals surface area contributed by atoms with E-state index < -0.39 is 0 Å². The van der Waals surface area contributed by atoms with Crippen molar-refractivity contribution in [3.8, 4) is 0 Å². The number of likely N-dealkylation sites (N-methyl/N-ethyl adjacent to an activating group) is 1. The molecule has 1 heteroatoms. The van der Waals surface area contributed by atoms with E-state index >= 15 is 0 Å². The molecule has 0 amide bonds. The van der Waals surface area contributed by atoms with Gasteiger partial charge in [-0.25, -0.2) is 0 Å². The van der Waals surface area contributed by atoms with Crippen LogP contribution in [0, 0.1) is 6.92 Å². The third-order valence-electron chi connectivity index (χ3n) is 2.56. The molecule has 1 nitrogen and oxygen atoms in total. The fraction of sp³-hybridized carbons (Fsp3) is 0.500. The van der Waals surface area contributed by atoms with E-state index in [0.717, 1.165) is 19.5 Å². The highest BCUT2D eigenvalue weighted by molar-refractivity contribution is 5.25. The molecule has 0 aliphatic carbocycles. The minimum absolute atomic E-state index is 1.13. The zero-order chi connectivity index (χ0) is 9.68. The first kappa shape index (κ1) is 10.3. The Balaban J connectivity index is 2.50. The summed E-state index contributed by atoms with van der Waals surface area (Å²) in [5.74, 6) is 0. The molecule has 72 valence electrons. The third-order valence-corrected chi connectivity index (χ3v) is 2.56. The fourth-order valence-corrected chi connectivity index (χ4v) is 1.36. The largest absolute Gasteiger partial charge is 0.306 e. The maximum Gasteiger partial charge on any atom is 0.00188 e. The second kappa shape index (κ2) is 5.03. The van der Waals surface area contributed by atoms with Crippen LogP contribution in [0.4, 0.5) is 0 Å². The predicted octanol–water partition coefficient (Wildman–Crippen LogP) is 2.49. The lowest BCUT2D eigenvalue weighted by Crippen LogP contribution is -2.20. The first-order chi connectivity index (χ1) is 6.24. The Morgan fingerprint density at radius 2 is 1.92 bits per heavy atom. The van der Waals surface area contributed by atoms with E-state index in [4.69, 9.17) is 0 Å². The lowest BCUT2D eigenvalue weighted by Gasteiger charge is -2.14. The van der Waals surface area contributed by atoms with Crippen LogP contribution in [0.2, 0.25) is 0 Å². The minimum atomic E-state index is 1.13. The van der Waals surface area contributed by atoms with E-state index in [1.807, 2.05) is 0 Å². The Morgan fingerprint density at radius 3 is 2.54 bits per heavy atom. The maximum absolute atomic E-state index is 2.34. The number of hydrogen-bond donors (Lipinski definition) is 0. The van der Waals surface area contributed by atoms with Gasteiger partial charge < -0.3 is 4.90 Å². The fourth-order valence-electron chi connectivity index (χ4n) is 1.36. The number of rotatable bonds is 4. The quantitative estimate of drug-likeness (QED) is 0.683. The molecule has 0 radical (unpaired) electrons. The molecule has 0 aliphatic rings. The normalized spacial score (nSPS) is 10.8. The van der Waals surface area contributed by atoms with Crippen LogP contribution >= 0.6 is 0 Å². The van der Waals surface area contributed by atoms with Gasteiger partial charge in [0.05, 0.1) is 0 Å². The SMILES string of the molecule is CCN(C)CCc1ccccc1C. The number of nitrogens with zero attached hydrogens (tertiary/aromatic N) is 1. The molecular formula is C12H19N. The first-order valence-electron chi connectivity index (χ1n) is 4.97. The molecule has 0 aromatic heterocycles. The van der Waals surface area contributed by atoms with Gasteiger partial charge in [0.2, 0.25) is 0 Å². The van der Waals surface area contributed by atoms with E-state index in [9.17, 15) is 0 Å². The molecule has 0 spiro atoms. The van der Waals surface area contributed by atoms with Crippen molar-refractivity contribution in [3.63, 3.8) is 0 Å². The molecule has 0 bridgehead atoms. The molecule has 0 saturated carbocycles. The van der Waals surface area contributed by atoms with Crippen LogP contribution in [-0.2, 0) is 6.42 Å². The molecule has 1 rings (SSSR count). The zero-order valence-corrected chi connectivity index (χ0v) is 8.88. The van der Waals surface area contributed by atoms with E-state index in [1.54, 1.807) is 0 Å². The molecule has 0 aliphatic heterocycles. The molecular weight excluding hydrogens is 158 g/mol. The molecule has 1 aromatic carbocycles. The van der Waals surface area contributed by atoms with Crippen LogP contribution in [0.1, 0.15) is 18.1 Å². The third kappa shape index (κ3) is 3.19. The number of aryl methyl sites for hydroxylation is 1. The van der Waals surface area contributed by atoms with Crippen molar-refractivity contribution in [2.24, 2.45) is 0 Å². The molecule has 13 heavy (non-hydrogen) atoms. The topological polar surface area (TPSA) is 3.24 Å². The van der Waals surface area contributed by atoms with Crippen molar-refractivity contribution in [1.82, 2.24) is 4.90 Å². The van der Waals surface area contributed by atoms with Crippen LogP contribution in [0.15, 0.2) is 24.3 Å². The summed E-state index contributed by atoms with van der Waals surface area (Å²) in [6, 6.07) is 8.62. The van der Waals surface area contributed by atoms with Crippen molar-refractivity contribution >= 4 is 0 Å². The minimum Gasteiger partial charge on any atom is -0.306 e. The monoisotopic (exact) mass is 177 g/mol. The van der Waals surface area contributed by atoms with E-state index in [1.165, 1.54) is 11.1 Å². The summed E-state index contributed by atoms with van der Waals surface area (Å²) in [6.45, 7) is 6.66. The highest BCUT2D eigenvalue weighted by Gasteiger charge is 1.98. The van der Waals surface area contributed by atoms with Crippen molar-refractivity contribution < 1.29 is 0 Å². The van der Waals surface area contributed by atoms with Crippen LogP contribution < -0.4 is 0 Å². The highest BCUT2D eigenvalue weighted by Crippen LogP contribution is 2.07.